The Morgan fingerprint density at radius 3 is 2.14 bits per heavy atom. The van der Waals surface area contributed by atoms with Crippen LogP contribution in [0.25, 0.3) is 0 Å². The second kappa shape index (κ2) is 11.9. The minimum atomic E-state index is -1.02. The van der Waals surface area contributed by atoms with Crippen molar-refractivity contribution in [3.8, 4) is 6.07 Å². The fraction of sp³-hybridized carbons (Fsp3) is 0.320. The van der Waals surface area contributed by atoms with Crippen LogP contribution in [0.15, 0.2) is 53.4 Å². The van der Waals surface area contributed by atoms with Gasteiger partial charge in [-0.3, -0.25) is 19.2 Å². The molecule has 182 valence electrons. The number of carbonyl (C=O) groups excluding carboxylic acids is 4. The number of ketones is 1. The summed E-state index contributed by atoms with van der Waals surface area (Å²) in [6, 6.07) is 15.5. The van der Waals surface area contributed by atoms with Crippen LogP contribution in [-0.2, 0) is 28.6 Å². The lowest BCUT2D eigenvalue weighted by atomic mass is 10.0. The summed E-state index contributed by atoms with van der Waals surface area (Å²) in [6.45, 7) is 3.70. The molecule has 0 amide bonds. The first-order chi connectivity index (χ1) is 16.7. The minimum Gasteiger partial charge on any atom is -0.458 e. The van der Waals surface area contributed by atoms with Crippen LogP contribution in [-0.4, -0.2) is 52.3 Å². The van der Waals surface area contributed by atoms with E-state index in [1.54, 1.807) is 42.5 Å². The Morgan fingerprint density at radius 2 is 1.54 bits per heavy atom. The van der Waals surface area contributed by atoms with E-state index in [4.69, 9.17) is 14.2 Å². The van der Waals surface area contributed by atoms with E-state index in [2.05, 4.69) is 6.07 Å². The largest absolute Gasteiger partial charge is 0.458 e. The van der Waals surface area contributed by atoms with Crippen LogP contribution in [0.5, 0.6) is 0 Å². The lowest BCUT2D eigenvalue weighted by Crippen LogP contribution is -2.53. The van der Waals surface area contributed by atoms with Crippen molar-refractivity contribution in [2.45, 2.75) is 48.6 Å². The Kier molecular flexibility index (Phi) is 8.95. The maximum Gasteiger partial charge on any atom is 0.303 e. The van der Waals surface area contributed by atoms with Crippen molar-refractivity contribution < 1.29 is 33.4 Å². The number of carbonyl (C=O) groups is 4. The lowest BCUT2D eigenvalue weighted by molar-refractivity contribution is -0.180. The summed E-state index contributed by atoms with van der Waals surface area (Å²) in [7, 11) is 0. The van der Waals surface area contributed by atoms with Crippen molar-refractivity contribution in [3.05, 3.63) is 65.2 Å². The molecular weight excluding hydrogens is 490 g/mol. The molecule has 1 aliphatic rings. The predicted octanol–water partition coefficient (Wildman–Crippen LogP) is 3.75. The summed E-state index contributed by atoms with van der Waals surface area (Å²) < 4.78 is 15.8. The van der Waals surface area contributed by atoms with Gasteiger partial charge in [-0.05, 0) is 18.2 Å². The molecule has 3 rings (SSSR count). The highest BCUT2D eigenvalue weighted by Crippen LogP contribution is 2.43. The zero-order chi connectivity index (χ0) is 25.5. The fourth-order valence-electron chi connectivity index (χ4n) is 3.56. The Morgan fingerprint density at radius 1 is 0.914 bits per heavy atom. The summed E-state index contributed by atoms with van der Waals surface area (Å²) in [5, 5.41) is 9.37. The van der Waals surface area contributed by atoms with Gasteiger partial charge in [-0.2, -0.15) is 5.26 Å². The third-order valence-corrected chi connectivity index (χ3v) is 7.86. The number of hydrogen-bond donors (Lipinski definition) is 0. The number of thioether (sulfide) groups is 2. The molecule has 8 nitrogen and oxygen atoms in total. The van der Waals surface area contributed by atoms with Gasteiger partial charge >= 0.3 is 17.9 Å². The SMILES string of the molecule is CC(=O)O[C@@H]1[C@@H](OC(C)=O)[C@H](Sc2ccc(C#N)cc2C(=O)c2ccccc2)SC[C@H]1OC(C)=O. The van der Waals surface area contributed by atoms with E-state index in [1.807, 2.05) is 0 Å². The number of esters is 3. The number of ether oxygens (including phenoxy) is 3. The monoisotopic (exact) mass is 513 g/mol. The van der Waals surface area contributed by atoms with E-state index in [0.717, 1.165) is 0 Å². The molecule has 0 bridgehead atoms. The molecule has 2 aromatic rings. The van der Waals surface area contributed by atoms with Crippen molar-refractivity contribution in [3.63, 3.8) is 0 Å². The van der Waals surface area contributed by atoms with Crippen LogP contribution in [0.4, 0.5) is 0 Å². The van der Waals surface area contributed by atoms with Gasteiger partial charge in [0.2, 0.25) is 0 Å². The second-order valence-electron chi connectivity index (χ2n) is 7.63. The first kappa shape index (κ1) is 26.3. The average Bonchev–Trinajstić information content (AvgIpc) is 2.82. The van der Waals surface area contributed by atoms with Gasteiger partial charge in [-0.25, -0.2) is 0 Å². The van der Waals surface area contributed by atoms with Crippen molar-refractivity contribution in [1.82, 2.24) is 0 Å². The highest BCUT2D eigenvalue weighted by Gasteiger charge is 2.47. The maximum atomic E-state index is 13.3. The maximum absolute atomic E-state index is 13.3. The van der Waals surface area contributed by atoms with Crippen molar-refractivity contribution >= 4 is 47.2 Å². The van der Waals surface area contributed by atoms with E-state index < -0.39 is 40.8 Å². The molecule has 0 unspecified atom stereocenters. The van der Waals surface area contributed by atoms with Crippen LogP contribution in [0.2, 0.25) is 0 Å². The summed E-state index contributed by atoms with van der Waals surface area (Å²) >= 11 is 2.62. The van der Waals surface area contributed by atoms with Crippen LogP contribution in [0.1, 0.15) is 42.3 Å². The second-order valence-corrected chi connectivity index (χ2v) is 10.3. The van der Waals surface area contributed by atoms with Gasteiger partial charge in [0.25, 0.3) is 0 Å². The van der Waals surface area contributed by atoms with Crippen molar-refractivity contribution in [2.24, 2.45) is 0 Å². The van der Waals surface area contributed by atoms with Gasteiger partial charge < -0.3 is 14.2 Å². The number of nitrogens with zero attached hydrogens (tertiary/aromatic N) is 1. The standard InChI is InChI=1S/C25H23NO7S2/c1-14(27)31-20-13-34-25(24(33-16(3)29)23(20)32-15(2)28)35-21-10-9-17(12-26)11-19(21)22(30)18-7-5-4-6-8-18/h4-11,20,23-25H,13H2,1-3H3/t20-,23+,24-,25+/m1/s1. The lowest BCUT2D eigenvalue weighted by Gasteiger charge is -2.40. The Hall–Kier alpha value is -3.29. The molecule has 10 heteroatoms. The van der Waals surface area contributed by atoms with Gasteiger partial charge in [0, 0.05) is 42.5 Å². The van der Waals surface area contributed by atoms with Crippen LogP contribution < -0.4 is 0 Å². The number of rotatable bonds is 7. The molecule has 35 heavy (non-hydrogen) atoms. The van der Waals surface area contributed by atoms with E-state index >= 15 is 0 Å². The van der Waals surface area contributed by atoms with E-state index in [9.17, 15) is 24.4 Å². The van der Waals surface area contributed by atoms with Gasteiger partial charge in [-0.15, -0.1) is 23.5 Å². The third kappa shape index (κ3) is 6.87. The molecule has 2 aromatic carbocycles. The van der Waals surface area contributed by atoms with E-state index in [1.165, 1.54) is 50.4 Å². The van der Waals surface area contributed by atoms with Crippen molar-refractivity contribution in [2.75, 3.05) is 5.75 Å². The van der Waals surface area contributed by atoms with Gasteiger partial charge in [0.15, 0.2) is 24.1 Å². The van der Waals surface area contributed by atoms with Crippen molar-refractivity contribution in [1.29, 1.82) is 5.26 Å². The number of benzene rings is 2. The molecule has 0 aliphatic carbocycles. The van der Waals surface area contributed by atoms with E-state index in [-0.39, 0.29) is 11.5 Å². The Balaban J connectivity index is 1.98. The molecule has 0 saturated carbocycles. The summed E-state index contributed by atoms with van der Waals surface area (Å²) in [5.41, 5.74) is 1.12. The molecule has 1 aliphatic heterocycles. The molecule has 1 heterocycles. The summed E-state index contributed by atoms with van der Waals surface area (Å²) in [6.07, 6.45) is -2.79. The van der Waals surface area contributed by atoms with Gasteiger partial charge in [0.05, 0.1) is 16.2 Å². The molecule has 0 radical (unpaired) electrons. The quantitative estimate of drug-likeness (QED) is 0.307. The summed E-state index contributed by atoms with van der Waals surface area (Å²) in [5.74, 6) is -1.74. The average molecular weight is 514 g/mol. The highest BCUT2D eigenvalue weighted by atomic mass is 32.2. The Labute approximate surface area is 211 Å². The highest BCUT2D eigenvalue weighted by molar-refractivity contribution is 8.17. The first-order valence-electron chi connectivity index (χ1n) is 10.6. The molecule has 1 saturated heterocycles. The molecule has 0 N–H and O–H groups in total. The predicted molar refractivity (Wildman–Crippen MR) is 130 cm³/mol. The molecule has 4 atom stereocenters. The Bertz CT molecular complexity index is 1160. The molecule has 0 aromatic heterocycles. The van der Waals surface area contributed by atoms with Gasteiger partial charge in [0.1, 0.15) is 0 Å². The summed E-state index contributed by atoms with van der Waals surface area (Å²) in [4.78, 5) is 49.2. The molecule has 1 fully saturated rings. The topological polar surface area (TPSA) is 120 Å². The van der Waals surface area contributed by atoms with Crippen LogP contribution >= 0.6 is 23.5 Å². The van der Waals surface area contributed by atoms with Crippen LogP contribution in [0, 0.1) is 11.3 Å². The van der Waals surface area contributed by atoms with Gasteiger partial charge in [-0.1, -0.05) is 30.3 Å². The zero-order valence-electron chi connectivity index (χ0n) is 19.3. The zero-order valence-corrected chi connectivity index (χ0v) is 20.9. The minimum absolute atomic E-state index is 0.260. The van der Waals surface area contributed by atoms with Crippen LogP contribution in [0.3, 0.4) is 0 Å². The smallest absolute Gasteiger partial charge is 0.303 e. The first-order valence-corrected chi connectivity index (χ1v) is 12.6. The van der Waals surface area contributed by atoms with E-state index in [0.29, 0.717) is 21.6 Å². The third-order valence-electron chi connectivity index (χ3n) is 4.94. The fourth-order valence-corrected chi connectivity index (χ4v) is 6.44. The molecule has 0 spiro atoms. The molecular formula is C25H23NO7S2. The number of nitriles is 1. The normalized spacial score (nSPS) is 21.3. The number of hydrogen-bond acceptors (Lipinski definition) is 10.